The van der Waals surface area contributed by atoms with E-state index in [2.05, 4.69) is 5.16 Å². The average Bonchev–Trinajstić information content (AvgIpc) is 3.33. The summed E-state index contributed by atoms with van der Waals surface area (Å²) in [6, 6.07) is 32.2. The summed E-state index contributed by atoms with van der Waals surface area (Å²) in [6.45, 7) is 0. The van der Waals surface area contributed by atoms with Crippen LogP contribution >= 0.6 is 0 Å². The van der Waals surface area contributed by atoms with Crippen molar-refractivity contribution in [1.82, 2.24) is 0 Å². The second-order valence-electron chi connectivity index (χ2n) is 8.74. The first-order chi connectivity index (χ1) is 17.6. The van der Waals surface area contributed by atoms with Crippen molar-refractivity contribution in [3.8, 4) is 5.75 Å². The molecule has 4 aromatic rings. The van der Waals surface area contributed by atoms with E-state index in [1.807, 2.05) is 66.7 Å². The molecule has 3 unspecified atom stereocenters. The molecule has 0 radical (unpaired) electrons. The molecule has 0 saturated carbocycles. The van der Waals surface area contributed by atoms with Gasteiger partial charge in [-0.25, -0.2) is 0 Å². The van der Waals surface area contributed by atoms with Crippen LogP contribution < -0.4 is 4.74 Å². The van der Waals surface area contributed by atoms with Crippen molar-refractivity contribution >= 4 is 17.2 Å². The summed E-state index contributed by atoms with van der Waals surface area (Å²) < 4.78 is 6.50. The third-order valence-corrected chi connectivity index (χ3v) is 6.73. The van der Waals surface area contributed by atoms with Crippen LogP contribution in [0.1, 0.15) is 39.1 Å². The van der Waals surface area contributed by atoms with Gasteiger partial charge in [-0.1, -0.05) is 90.1 Å². The number of carbonyl (C=O) groups is 1. The summed E-state index contributed by atoms with van der Waals surface area (Å²) in [5.74, 6) is -0.468. The van der Waals surface area contributed by atoms with Crippen molar-refractivity contribution in [1.29, 1.82) is 0 Å². The normalized spacial score (nSPS) is 22.3. The lowest BCUT2D eigenvalue weighted by Crippen LogP contribution is -2.54. The van der Waals surface area contributed by atoms with Crippen LogP contribution in [0.2, 0.25) is 0 Å². The Morgan fingerprint density at radius 3 is 2.11 bits per heavy atom. The summed E-state index contributed by atoms with van der Waals surface area (Å²) in [5.41, 5.74) is 1.58. The second kappa shape index (κ2) is 8.46. The van der Waals surface area contributed by atoms with Gasteiger partial charge in [0.2, 0.25) is 5.78 Å². The first-order valence-corrected chi connectivity index (χ1v) is 11.5. The fraction of sp³-hybridized carbons (Fsp3) is 0.103. The monoisotopic (exact) mass is 476 g/mol. The number of carbonyl (C=O) groups excluding carboxylic acids is 1. The lowest BCUT2D eigenvalue weighted by atomic mass is 9.68. The van der Waals surface area contributed by atoms with Gasteiger partial charge in [-0.05, 0) is 23.3 Å². The topological polar surface area (TPSA) is 91.0 Å². The zero-order valence-electron chi connectivity index (χ0n) is 19.0. The van der Waals surface area contributed by atoms with E-state index >= 15 is 0 Å². The molecule has 0 saturated heterocycles. The Hall–Kier alpha value is -4.78. The Kier molecular flexibility index (Phi) is 5.11. The quantitative estimate of drug-likeness (QED) is 0.271. The molecule has 0 N–H and O–H groups in total. The zero-order valence-corrected chi connectivity index (χ0v) is 19.0. The SMILES string of the molecule is O=C1c2ccccc2OC(c2ccccc2)C12ON=C(c1ccccc1)C2c1ccc([N+](=O)[O-])cc1. The van der Waals surface area contributed by atoms with Gasteiger partial charge >= 0.3 is 0 Å². The Morgan fingerprint density at radius 2 is 1.42 bits per heavy atom. The number of non-ortho nitro benzene ring substituents is 1. The fourth-order valence-electron chi connectivity index (χ4n) is 5.07. The molecule has 4 aromatic carbocycles. The van der Waals surface area contributed by atoms with Crippen molar-refractivity contribution in [3.63, 3.8) is 0 Å². The van der Waals surface area contributed by atoms with E-state index in [-0.39, 0.29) is 11.5 Å². The number of oxime groups is 1. The smallest absolute Gasteiger partial charge is 0.269 e. The molecule has 2 aliphatic heterocycles. The highest BCUT2D eigenvalue weighted by Gasteiger charge is 2.64. The molecule has 36 heavy (non-hydrogen) atoms. The third kappa shape index (κ3) is 3.28. The van der Waals surface area contributed by atoms with Gasteiger partial charge in [0.25, 0.3) is 11.3 Å². The molecule has 0 amide bonds. The number of para-hydroxylation sites is 1. The number of fused-ring (bicyclic) bond motifs is 1. The fourth-order valence-corrected chi connectivity index (χ4v) is 5.07. The van der Waals surface area contributed by atoms with Gasteiger partial charge in [0.05, 0.1) is 22.1 Å². The summed E-state index contributed by atoms with van der Waals surface area (Å²) in [7, 11) is 0. The molecular formula is C29H20N2O5. The van der Waals surface area contributed by atoms with Gasteiger partial charge in [0.15, 0.2) is 6.10 Å². The molecule has 0 aromatic heterocycles. The Morgan fingerprint density at radius 1 is 0.778 bits per heavy atom. The molecule has 1 spiro atoms. The number of ether oxygens (including phenoxy) is 1. The number of nitro groups is 1. The van der Waals surface area contributed by atoms with Gasteiger partial charge < -0.3 is 9.57 Å². The molecule has 2 heterocycles. The molecule has 2 aliphatic rings. The standard InChI is InChI=1S/C29H20N2O5/c32-27-23-13-7-8-14-24(23)35-28(21-11-5-2-6-12-21)29(27)25(19-15-17-22(18-16-19)31(33)34)26(30-36-29)20-9-3-1-4-10-20/h1-18,25,28H. The maximum atomic E-state index is 14.4. The van der Waals surface area contributed by atoms with Crippen molar-refractivity contribution in [2.24, 2.45) is 5.16 Å². The van der Waals surface area contributed by atoms with E-state index in [9.17, 15) is 14.9 Å². The van der Waals surface area contributed by atoms with Crippen molar-refractivity contribution in [2.75, 3.05) is 0 Å². The van der Waals surface area contributed by atoms with E-state index in [1.54, 1.807) is 30.3 Å². The van der Waals surface area contributed by atoms with Crippen LogP contribution in [-0.2, 0) is 4.84 Å². The van der Waals surface area contributed by atoms with Crippen LogP contribution in [0.25, 0.3) is 0 Å². The van der Waals surface area contributed by atoms with Gasteiger partial charge in [0, 0.05) is 17.7 Å². The van der Waals surface area contributed by atoms with E-state index in [0.29, 0.717) is 22.6 Å². The van der Waals surface area contributed by atoms with E-state index in [0.717, 1.165) is 11.1 Å². The summed E-state index contributed by atoms with van der Waals surface area (Å²) in [6.07, 6.45) is -0.814. The predicted octanol–water partition coefficient (Wildman–Crippen LogP) is 5.87. The number of ketones is 1. The van der Waals surface area contributed by atoms with E-state index in [1.165, 1.54) is 12.1 Å². The molecular weight excluding hydrogens is 456 g/mol. The van der Waals surface area contributed by atoms with Crippen LogP contribution in [-0.4, -0.2) is 22.0 Å². The van der Waals surface area contributed by atoms with Gasteiger partial charge in [0.1, 0.15) is 5.75 Å². The van der Waals surface area contributed by atoms with Crippen LogP contribution in [0.15, 0.2) is 114 Å². The molecule has 0 bridgehead atoms. The van der Waals surface area contributed by atoms with E-state index < -0.39 is 22.5 Å². The molecule has 176 valence electrons. The molecule has 3 atom stereocenters. The first kappa shape index (κ1) is 21.7. The highest BCUT2D eigenvalue weighted by Crippen LogP contribution is 2.54. The zero-order chi connectivity index (χ0) is 24.7. The number of Topliss-reactive ketones (excluding diaryl/α,β-unsaturated/α-hetero) is 1. The van der Waals surface area contributed by atoms with Crippen molar-refractivity contribution in [3.05, 3.63) is 142 Å². The Bertz CT molecular complexity index is 1490. The molecule has 0 fully saturated rings. The summed E-state index contributed by atoms with van der Waals surface area (Å²) in [5, 5.41) is 15.8. The summed E-state index contributed by atoms with van der Waals surface area (Å²) in [4.78, 5) is 31.5. The number of nitro benzene ring substituents is 1. The highest BCUT2D eigenvalue weighted by molar-refractivity contribution is 6.16. The van der Waals surface area contributed by atoms with Gasteiger partial charge in [-0.15, -0.1) is 0 Å². The number of hydrogen-bond donors (Lipinski definition) is 0. The third-order valence-electron chi connectivity index (χ3n) is 6.73. The molecule has 0 aliphatic carbocycles. The predicted molar refractivity (Wildman–Crippen MR) is 133 cm³/mol. The van der Waals surface area contributed by atoms with Gasteiger partial charge in [-0.3, -0.25) is 14.9 Å². The number of benzene rings is 4. The average molecular weight is 476 g/mol. The Balaban J connectivity index is 1.60. The van der Waals surface area contributed by atoms with Crippen molar-refractivity contribution in [2.45, 2.75) is 17.6 Å². The minimum absolute atomic E-state index is 0.0407. The molecule has 7 nitrogen and oxygen atoms in total. The van der Waals surface area contributed by atoms with Gasteiger partial charge in [-0.2, -0.15) is 0 Å². The van der Waals surface area contributed by atoms with Crippen LogP contribution in [0.4, 0.5) is 5.69 Å². The maximum Gasteiger partial charge on any atom is 0.269 e. The largest absolute Gasteiger partial charge is 0.480 e. The molecule has 7 heteroatoms. The second-order valence-corrected chi connectivity index (χ2v) is 8.74. The van der Waals surface area contributed by atoms with Crippen LogP contribution in [0.3, 0.4) is 0 Å². The Labute approximate surface area is 206 Å². The lowest BCUT2D eigenvalue weighted by molar-refractivity contribution is -0.384. The minimum Gasteiger partial charge on any atom is -0.480 e. The number of nitrogens with zero attached hydrogens (tertiary/aromatic N) is 2. The van der Waals surface area contributed by atoms with Crippen LogP contribution in [0.5, 0.6) is 5.75 Å². The molecule has 6 rings (SSSR count). The maximum absolute atomic E-state index is 14.4. The highest BCUT2D eigenvalue weighted by atomic mass is 16.7. The van der Waals surface area contributed by atoms with E-state index in [4.69, 9.17) is 9.57 Å². The number of rotatable bonds is 4. The minimum atomic E-state index is -1.56. The lowest BCUT2D eigenvalue weighted by Gasteiger charge is -2.42. The van der Waals surface area contributed by atoms with Crippen molar-refractivity contribution < 1.29 is 19.3 Å². The summed E-state index contributed by atoms with van der Waals surface area (Å²) >= 11 is 0. The first-order valence-electron chi connectivity index (χ1n) is 11.5. The van der Waals surface area contributed by atoms with Crippen LogP contribution in [0, 0.1) is 10.1 Å². The number of hydrogen-bond acceptors (Lipinski definition) is 6.